The average molecular weight is 295 g/mol. The Morgan fingerprint density at radius 3 is 2.43 bits per heavy atom. The SMILES string of the molecule is CNc1nc(NCC2(O)CCCCC2)nc(OC(C)C)n1. The lowest BCUT2D eigenvalue weighted by Gasteiger charge is -2.32. The molecule has 0 radical (unpaired) electrons. The van der Waals surface area contributed by atoms with E-state index >= 15 is 0 Å². The average Bonchev–Trinajstić information content (AvgIpc) is 2.45. The molecule has 0 aromatic carbocycles. The summed E-state index contributed by atoms with van der Waals surface area (Å²) in [5.41, 5.74) is -0.663. The highest BCUT2D eigenvalue weighted by Crippen LogP contribution is 2.28. The number of anilines is 2. The molecular weight excluding hydrogens is 270 g/mol. The fourth-order valence-corrected chi connectivity index (χ4v) is 2.44. The van der Waals surface area contributed by atoms with Crippen molar-refractivity contribution in [2.75, 3.05) is 24.2 Å². The van der Waals surface area contributed by atoms with Gasteiger partial charge in [0.2, 0.25) is 11.9 Å². The quantitative estimate of drug-likeness (QED) is 0.737. The minimum absolute atomic E-state index is 0.00696. The summed E-state index contributed by atoms with van der Waals surface area (Å²) in [6.07, 6.45) is 4.97. The standard InChI is InChI=1S/C14H25N5O2/c1-10(2)21-13-18-11(15-3)17-12(19-13)16-9-14(20)7-5-4-6-8-14/h10,20H,4-9H2,1-3H3,(H2,15,16,17,18,19). The first-order valence-corrected chi connectivity index (χ1v) is 7.57. The van der Waals surface area contributed by atoms with E-state index in [0.717, 1.165) is 25.7 Å². The largest absolute Gasteiger partial charge is 0.461 e. The van der Waals surface area contributed by atoms with Gasteiger partial charge in [0.15, 0.2) is 0 Å². The number of rotatable bonds is 6. The second kappa shape index (κ2) is 6.89. The van der Waals surface area contributed by atoms with E-state index in [-0.39, 0.29) is 12.1 Å². The first-order valence-electron chi connectivity index (χ1n) is 7.57. The molecule has 0 spiro atoms. The van der Waals surface area contributed by atoms with Crippen molar-refractivity contribution in [2.24, 2.45) is 0 Å². The van der Waals surface area contributed by atoms with E-state index in [1.807, 2.05) is 13.8 Å². The normalized spacial score (nSPS) is 17.6. The topological polar surface area (TPSA) is 92.2 Å². The van der Waals surface area contributed by atoms with Crippen molar-refractivity contribution in [1.82, 2.24) is 15.0 Å². The van der Waals surface area contributed by atoms with Crippen LogP contribution in [0.2, 0.25) is 0 Å². The van der Waals surface area contributed by atoms with Crippen LogP contribution in [0, 0.1) is 0 Å². The molecule has 2 rings (SSSR count). The Kier molecular flexibility index (Phi) is 5.17. The van der Waals surface area contributed by atoms with Gasteiger partial charge in [0.25, 0.3) is 0 Å². The minimum atomic E-state index is -0.663. The van der Waals surface area contributed by atoms with Gasteiger partial charge in [-0.05, 0) is 26.7 Å². The minimum Gasteiger partial charge on any atom is -0.461 e. The van der Waals surface area contributed by atoms with Crippen LogP contribution in [-0.4, -0.2) is 45.4 Å². The van der Waals surface area contributed by atoms with E-state index < -0.39 is 5.60 Å². The maximum Gasteiger partial charge on any atom is 0.323 e. The Labute approximate surface area is 125 Å². The van der Waals surface area contributed by atoms with Crippen LogP contribution >= 0.6 is 0 Å². The molecule has 1 aromatic heterocycles. The van der Waals surface area contributed by atoms with Gasteiger partial charge in [-0.1, -0.05) is 19.3 Å². The lowest BCUT2D eigenvalue weighted by molar-refractivity contribution is 0.0165. The summed E-state index contributed by atoms with van der Waals surface area (Å²) in [7, 11) is 1.74. The first kappa shape index (κ1) is 15.8. The van der Waals surface area contributed by atoms with Crippen LogP contribution in [-0.2, 0) is 0 Å². The summed E-state index contributed by atoms with van der Waals surface area (Å²) in [4.78, 5) is 12.6. The maximum atomic E-state index is 10.5. The van der Waals surface area contributed by atoms with Gasteiger partial charge in [-0.25, -0.2) is 0 Å². The zero-order chi connectivity index (χ0) is 15.3. The van der Waals surface area contributed by atoms with Gasteiger partial charge in [0.05, 0.1) is 11.7 Å². The number of nitrogens with one attached hydrogen (secondary N) is 2. The highest BCUT2D eigenvalue weighted by Gasteiger charge is 2.29. The van der Waals surface area contributed by atoms with Crippen molar-refractivity contribution >= 4 is 11.9 Å². The summed E-state index contributed by atoms with van der Waals surface area (Å²) >= 11 is 0. The molecular formula is C14H25N5O2. The van der Waals surface area contributed by atoms with Gasteiger partial charge in [0.1, 0.15) is 0 Å². The van der Waals surface area contributed by atoms with Crippen molar-refractivity contribution in [3.63, 3.8) is 0 Å². The molecule has 0 aliphatic heterocycles. The molecule has 118 valence electrons. The number of hydrogen-bond acceptors (Lipinski definition) is 7. The van der Waals surface area contributed by atoms with Crippen LogP contribution in [0.5, 0.6) is 6.01 Å². The Hall–Kier alpha value is -1.63. The lowest BCUT2D eigenvalue weighted by Crippen LogP contribution is -2.39. The van der Waals surface area contributed by atoms with Crippen molar-refractivity contribution in [3.05, 3.63) is 0 Å². The van der Waals surface area contributed by atoms with Gasteiger partial charge in [-0.3, -0.25) is 0 Å². The van der Waals surface area contributed by atoms with Gasteiger partial charge >= 0.3 is 6.01 Å². The van der Waals surface area contributed by atoms with E-state index in [9.17, 15) is 5.11 Å². The zero-order valence-electron chi connectivity index (χ0n) is 13.0. The van der Waals surface area contributed by atoms with Crippen molar-refractivity contribution in [1.29, 1.82) is 0 Å². The molecule has 0 saturated heterocycles. The van der Waals surface area contributed by atoms with Crippen LogP contribution in [0.4, 0.5) is 11.9 Å². The third-order valence-electron chi connectivity index (χ3n) is 3.54. The summed E-state index contributed by atoms with van der Waals surface area (Å²) < 4.78 is 5.51. The molecule has 1 heterocycles. The van der Waals surface area contributed by atoms with Crippen LogP contribution in [0.15, 0.2) is 0 Å². The van der Waals surface area contributed by atoms with E-state index in [2.05, 4.69) is 25.6 Å². The third-order valence-corrected chi connectivity index (χ3v) is 3.54. The molecule has 3 N–H and O–H groups in total. The Morgan fingerprint density at radius 2 is 1.81 bits per heavy atom. The molecule has 1 aromatic rings. The molecule has 1 aliphatic rings. The number of aliphatic hydroxyl groups is 1. The van der Waals surface area contributed by atoms with Crippen LogP contribution < -0.4 is 15.4 Å². The fourth-order valence-electron chi connectivity index (χ4n) is 2.44. The molecule has 1 fully saturated rings. The molecule has 1 aliphatic carbocycles. The Bertz CT molecular complexity index is 461. The first-order chi connectivity index (χ1) is 10.0. The molecule has 0 unspecified atom stereocenters. The highest BCUT2D eigenvalue weighted by atomic mass is 16.5. The fraction of sp³-hybridized carbons (Fsp3) is 0.786. The Balaban J connectivity index is 2.04. The molecule has 7 heteroatoms. The van der Waals surface area contributed by atoms with E-state index in [0.29, 0.717) is 18.4 Å². The molecule has 7 nitrogen and oxygen atoms in total. The second-order valence-electron chi connectivity index (χ2n) is 5.82. The summed E-state index contributed by atoms with van der Waals surface area (Å²) in [5.74, 6) is 0.864. The van der Waals surface area contributed by atoms with Crippen molar-refractivity contribution in [2.45, 2.75) is 57.7 Å². The number of ether oxygens (including phenoxy) is 1. The highest BCUT2D eigenvalue weighted by molar-refractivity contribution is 5.35. The van der Waals surface area contributed by atoms with E-state index in [1.165, 1.54) is 6.42 Å². The summed E-state index contributed by atoms with van der Waals surface area (Å²) in [5, 5.41) is 16.5. The van der Waals surface area contributed by atoms with Crippen molar-refractivity contribution < 1.29 is 9.84 Å². The molecule has 21 heavy (non-hydrogen) atoms. The van der Waals surface area contributed by atoms with Crippen molar-refractivity contribution in [3.8, 4) is 6.01 Å². The number of nitrogens with zero attached hydrogens (tertiary/aromatic N) is 3. The third kappa shape index (κ3) is 4.70. The predicted molar refractivity (Wildman–Crippen MR) is 81.7 cm³/mol. The van der Waals surface area contributed by atoms with E-state index in [1.54, 1.807) is 7.05 Å². The van der Waals surface area contributed by atoms with Crippen LogP contribution in [0.1, 0.15) is 46.0 Å². The molecule has 0 atom stereocenters. The number of aromatic nitrogens is 3. The monoisotopic (exact) mass is 295 g/mol. The van der Waals surface area contributed by atoms with Gasteiger partial charge in [0, 0.05) is 13.6 Å². The predicted octanol–water partition coefficient (Wildman–Crippen LogP) is 1.81. The summed E-state index contributed by atoms with van der Waals surface area (Å²) in [6.45, 7) is 4.28. The maximum absolute atomic E-state index is 10.5. The van der Waals surface area contributed by atoms with Gasteiger partial charge < -0.3 is 20.5 Å². The zero-order valence-corrected chi connectivity index (χ0v) is 13.0. The smallest absolute Gasteiger partial charge is 0.323 e. The summed E-state index contributed by atoms with van der Waals surface area (Å²) in [6, 6.07) is 0.280. The number of hydrogen-bond donors (Lipinski definition) is 3. The second-order valence-corrected chi connectivity index (χ2v) is 5.82. The molecule has 0 amide bonds. The molecule has 0 bridgehead atoms. The van der Waals surface area contributed by atoms with Gasteiger partial charge in [-0.15, -0.1) is 0 Å². The Morgan fingerprint density at radius 1 is 1.14 bits per heavy atom. The van der Waals surface area contributed by atoms with E-state index in [4.69, 9.17) is 4.74 Å². The van der Waals surface area contributed by atoms with Gasteiger partial charge in [-0.2, -0.15) is 15.0 Å². The lowest BCUT2D eigenvalue weighted by atomic mass is 9.85. The van der Waals surface area contributed by atoms with Crippen LogP contribution in [0.25, 0.3) is 0 Å². The van der Waals surface area contributed by atoms with Crippen LogP contribution in [0.3, 0.4) is 0 Å². The molecule has 1 saturated carbocycles.